The maximum absolute atomic E-state index is 12.0. The second-order valence-corrected chi connectivity index (χ2v) is 7.33. The molecule has 1 aromatic rings. The lowest BCUT2D eigenvalue weighted by molar-refractivity contribution is -0.122. The Bertz CT molecular complexity index is 518. The Labute approximate surface area is 137 Å². The SMILES string of the molecule is CCc1cnc(CNC(=NC)N(C)CC(=O)NC(C)(C)C)s1. The Morgan fingerprint density at radius 1 is 1.45 bits per heavy atom. The summed E-state index contributed by atoms with van der Waals surface area (Å²) in [5.41, 5.74) is -0.230. The lowest BCUT2D eigenvalue weighted by Crippen LogP contribution is -2.48. The van der Waals surface area contributed by atoms with Crippen LogP contribution in [0.3, 0.4) is 0 Å². The van der Waals surface area contributed by atoms with Crippen LogP contribution in [0.4, 0.5) is 0 Å². The number of rotatable bonds is 5. The summed E-state index contributed by atoms with van der Waals surface area (Å²) in [6.07, 6.45) is 2.91. The summed E-state index contributed by atoms with van der Waals surface area (Å²) in [5, 5.41) is 7.19. The first-order valence-electron chi connectivity index (χ1n) is 7.41. The zero-order chi connectivity index (χ0) is 16.8. The van der Waals surface area contributed by atoms with Gasteiger partial charge >= 0.3 is 0 Å². The number of aliphatic imine (C=N–C) groups is 1. The van der Waals surface area contributed by atoms with Crippen LogP contribution in [0, 0.1) is 0 Å². The van der Waals surface area contributed by atoms with Gasteiger partial charge in [-0.1, -0.05) is 6.92 Å². The van der Waals surface area contributed by atoms with Crippen LogP contribution in [-0.2, 0) is 17.8 Å². The van der Waals surface area contributed by atoms with E-state index in [1.165, 1.54) is 4.88 Å². The number of amides is 1. The molecule has 0 saturated heterocycles. The maximum atomic E-state index is 12.0. The third-order valence-corrected chi connectivity index (χ3v) is 3.96. The van der Waals surface area contributed by atoms with Crippen molar-refractivity contribution in [3.63, 3.8) is 0 Å². The monoisotopic (exact) mass is 325 g/mol. The van der Waals surface area contributed by atoms with Crippen molar-refractivity contribution < 1.29 is 4.79 Å². The summed E-state index contributed by atoms with van der Waals surface area (Å²) in [6, 6.07) is 0. The topological polar surface area (TPSA) is 69.6 Å². The Kier molecular flexibility index (Phi) is 6.80. The molecular formula is C15H27N5OS. The van der Waals surface area contributed by atoms with E-state index in [2.05, 4.69) is 27.5 Å². The smallest absolute Gasteiger partial charge is 0.240 e. The molecule has 0 aliphatic rings. The predicted molar refractivity (Wildman–Crippen MR) is 92.2 cm³/mol. The molecule has 0 aromatic carbocycles. The molecule has 0 atom stereocenters. The molecule has 0 saturated carbocycles. The third kappa shape index (κ3) is 6.43. The van der Waals surface area contributed by atoms with E-state index in [0.29, 0.717) is 12.5 Å². The van der Waals surface area contributed by atoms with Crippen molar-refractivity contribution in [1.29, 1.82) is 0 Å². The zero-order valence-electron chi connectivity index (χ0n) is 14.4. The van der Waals surface area contributed by atoms with Crippen LogP contribution in [0.5, 0.6) is 0 Å². The number of nitrogens with one attached hydrogen (secondary N) is 2. The molecule has 1 rings (SSSR count). The van der Waals surface area contributed by atoms with E-state index >= 15 is 0 Å². The molecule has 0 bridgehead atoms. The number of hydrogen-bond donors (Lipinski definition) is 2. The molecule has 7 heteroatoms. The normalized spacial score (nSPS) is 12.2. The second-order valence-electron chi connectivity index (χ2n) is 6.13. The van der Waals surface area contributed by atoms with Crippen LogP contribution in [0.1, 0.15) is 37.6 Å². The molecule has 6 nitrogen and oxygen atoms in total. The van der Waals surface area contributed by atoms with E-state index < -0.39 is 0 Å². The van der Waals surface area contributed by atoms with E-state index in [4.69, 9.17) is 0 Å². The summed E-state index contributed by atoms with van der Waals surface area (Å²) in [4.78, 5) is 23.6. The van der Waals surface area contributed by atoms with Gasteiger partial charge in [0.15, 0.2) is 5.96 Å². The van der Waals surface area contributed by atoms with Crippen molar-refractivity contribution in [2.45, 2.75) is 46.2 Å². The fraction of sp³-hybridized carbons (Fsp3) is 0.667. The van der Waals surface area contributed by atoms with Gasteiger partial charge in [-0.2, -0.15) is 0 Å². The molecule has 0 aliphatic carbocycles. The first kappa shape index (κ1) is 18.4. The van der Waals surface area contributed by atoms with Gasteiger partial charge in [0.25, 0.3) is 0 Å². The summed E-state index contributed by atoms with van der Waals surface area (Å²) in [7, 11) is 3.55. The van der Waals surface area contributed by atoms with Gasteiger partial charge in [0.1, 0.15) is 5.01 Å². The standard InChI is InChI=1S/C15H27N5OS/c1-7-11-8-17-13(22-11)9-18-14(16-5)20(6)10-12(21)19-15(2,3)4/h8H,7,9-10H2,1-6H3,(H,16,18)(H,19,21). The molecule has 124 valence electrons. The molecule has 22 heavy (non-hydrogen) atoms. The Balaban J connectivity index is 2.51. The Hall–Kier alpha value is -1.63. The van der Waals surface area contributed by atoms with Gasteiger partial charge in [-0.05, 0) is 27.2 Å². The van der Waals surface area contributed by atoms with Gasteiger partial charge in [-0.15, -0.1) is 11.3 Å². The average molecular weight is 325 g/mol. The van der Waals surface area contributed by atoms with Crippen molar-refractivity contribution in [3.05, 3.63) is 16.1 Å². The van der Waals surface area contributed by atoms with E-state index in [1.54, 1.807) is 23.3 Å². The van der Waals surface area contributed by atoms with Gasteiger partial charge in [-0.25, -0.2) is 4.98 Å². The van der Waals surface area contributed by atoms with Gasteiger partial charge < -0.3 is 15.5 Å². The third-order valence-electron chi connectivity index (χ3n) is 2.82. The van der Waals surface area contributed by atoms with Crippen molar-refractivity contribution >= 4 is 23.2 Å². The highest BCUT2D eigenvalue weighted by atomic mass is 32.1. The highest BCUT2D eigenvalue weighted by Crippen LogP contribution is 2.12. The number of hydrogen-bond acceptors (Lipinski definition) is 4. The molecule has 2 N–H and O–H groups in total. The summed E-state index contributed by atoms with van der Waals surface area (Å²) in [5.74, 6) is 0.651. The molecule has 0 aliphatic heterocycles. The van der Waals surface area contributed by atoms with Gasteiger partial charge in [0.2, 0.25) is 5.91 Å². The first-order chi connectivity index (χ1) is 10.2. The first-order valence-corrected chi connectivity index (χ1v) is 8.23. The predicted octanol–water partition coefficient (Wildman–Crippen LogP) is 1.63. The van der Waals surface area contributed by atoms with Gasteiger partial charge in [0.05, 0.1) is 13.1 Å². The minimum atomic E-state index is -0.230. The van der Waals surface area contributed by atoms with Crippen molar-refractivity contribution in [2.24, 2.45) is 4.99 Å². The second kappa shape index (κ2) is 8.12. The minimum absolute atomic E-state index is 0.0273. The highest BCUT2D eigenvalue weighted by Gasteiger charge is 2.16. The molecule has 0 spiro atoms. The fourth-order valence-corrected chi connectivity index (χ4v) is 2.68. The number of carbonyl (C=O) groups is 1. The van der Waals surface area contributed by atoms with E-state index in [-0.39, 0.29) is 18.0 Å². The minimum Gasteiger partial charge on any atom is -0.350 e. The quantitative estimate of drug-likeness (QED) is 0.638. The summed E-state index contributed by atoms with van der Waals surface area (Å²) < 4.78 is 0. The van der Waals surface area contributed by atoms with Crippen LogP contribution >= 0.6 is 11.3 Å². The van der Waals surface area contributed by atoms with E-state index in [0.717, 1.165) is 11.4 Å². The fourth-order valence-electron chi connectivity index (χ4n) is 1.88. The average Bonchev–Trinajstić information content (AvgIpc) is 2.85. The summed E-state index contributed by atoms with van der Waals surface area (Å²) >= 11 is 1.69. The molecular weight excluding hydrogens is 298 g/mol. The number of aryl methyl sites for hydroxylation is 1. The van der Waals surface area contributed by atoms with Crippen LogP contribution in [0.2, 0.25) is 0 Å². The van der Waals surface area contributed by atoms with Crippen LogP contribution in [-0.4, -0.2) is 47.9 Å². The number of aromatic nitrogens is 1. The molecule has 0 unspecified atom stereocenters. The van der Waals surface area contributed by atoms with Crippen molar-refractivity contribution in [1.82, 2.24) is 20.5 Å². The number of guanidine groups is 1. The molecule has 1 aromatic heterocycles. The number of likely N-dealkylation sites (N-methyl/N-ethyl adjacent to an activating group) is 1. The van der Waals surface area contributed by atoms with E-state index in [1.807, 2.05) is 34.0 Å². The van der Waals surface area contributed by atoms with Gasteiger partial charge in [-0.3, -0.25) is 9.79 Å². The molecule has 1 heterocycles. The van der Waals surface area contributed by atoms with E-state index in [9.17, 15) is 4.79 Å². The zero-order valence-corrected chi connectivity index (χ0v) is 15.2. The number of nitrogens with zero attached hydrogens (tertiary/aromatic N) is 3. The van der Waals surface area contributed by atoms with Gasteiger partial charge in [0, 0.05) is 30.7 Å². The molecule has 0 radical (unpaired) electrons. The molecule has 1 amide bonds. The maximum Gasteiger partial charge on any atom is 0.240 e. The lowest BCUT2D eigenvalue weighted by atomic mass is 10.1. The number of thiazole rings is 1. The Morgan fingerprint density at radius 2 is 2.14 bits per heavy atom. The Morgan fingerprint density at radius 3 is 2.64 bits per heavy atom. The van der Waals surface area contributed by atoms with Crippen LogP contribution in [0.15, 0.2) is 11.2 Å². The van der Waals surface area contributed by atoms with Crippen LogP contribution in [0.25, 0.3) is 0 Å². The van der Waals surface area contributed by atoms with Crippen molar-refractivity contribution in [3.8, 4) is 0 Å². The highest BCUT2D eigenvalue weighted by molar-refractivity contribution is 7.11. The van der Waals surface area contributed by atoms with Crippen molar-refractivity contribution in [2.75, 3.05) is 20.6 Å². The summed E-state index contributed by atoms with van der Waals surface area (Å²) in [6.45, 7) is 8.88. The largest absolute Gasteiger partial charge is 0.350 e. The lowest BCUT2D eigenvalue weighted by Gasteiger charge is -2.25. The molecule has 0 fully saturated rings. The number of carbonyl (C=O) groups excluding carboxylic acids is 1. The van der Waals surface area contributed by atoms with Crippen LogP contribution < -0.4 is 10.6 Å².